The van der Waals surface area contributed by atoms with E-state index in [4.69, 9.17) is 4.74 Å². The van der Waals surface area contributed by atoms with Crippen LogP contribution in [-0.4, -0.2) is 53.2 Å². The highest BCUT2D eigenvalue weighted by Gasteiger charge is 2.27. The molecule has 7 nitrogen and oxygen atoms in total. The molecule has 0 aromatic carbocycles. The molecule has 0 aromatic rings. The third kappa shape index (κ3) is 6.62. The maximum Gasteiger partial charge on any atom is 0.253 e. The van der Waals surface area contributed by atoms with Gasteiger partial charge >= 0.3 is 0 Å². The highest BCUT2D eigenvalue weighted by atomic mass is 16.5. The Morgan fingerprint density at radius 3 is 2.33 bits per heavy atom. The Hall–Kier alpha value is -2.02. The highest BCUT2D eigenvalue weighted by Crippen LogP contribution is 2.18. The number of aldehydes is 1. The molecular formula is C17H26N2O5. The molecule has 1 aliphatic rings. The Labute approximate surface area is 142 Å². The molecule has 0 spiro atoms. The van der Waals surface area contributed by atoms with Crippen molar-refractivity contribution < 1.29 is 23.9 Å². The van der Waals surface area contributed by atoms with Gasteiger partial charge in [0.2, 0.25) is 5.91 Å². The molecule has 0 saturated carbocycles. The monoisotopic (exact) mass is 338 g/mol. The molecule has 0 radical (unpaired) electrons. The molecule has 3 amide bonds. The van der Waals surface area contributed by atoms with Crippen LogP contribution in [0.5, 0.6) is 0 Å². The second-order valence-corrected chi connectivity index (χ2v) is 7.10. The fourth-order valence-corrected chi connectivity index (χ4v) is 2.20. The molecule has 1 aliphatic heterocycles. The van der Waals surface area contributed by atoms with E-state index in [2.05, 4.69) is 5.32 Å². The van der Waals surface area contributed by atoms with Crippen LogP contribution in [0, 0.1) is 0 Å². The fourth-order valence-electron chi connectivity index (χ4n) is 2.20. The molecule has 0 aromatic heterocycles. The Balaban J connectivity index is 2.40. The lowest BCUT2D eigenvalue weighted by Crippen LogP contribution is -2.49. The number of hydrogen-bond acceptors (Lipinski definition) is 5. The molecule has 0 aliphatic carbocycles. The first-order valence-electron chi connectivity index (χ1n) is 7.98. The van der Waals surface area contributed by atoms with E-state index in [0.29, 0.717) is 12.8 Å². The van der Waals surface area contributed by atoms with Crippen molar-refractivity contribution in [1.82, 2.24) is 10.2 Å². The maximum atomic E-state index is 12.0. The number of imide groups is 1. The third-order valence-corrected chi connectivity index (χ3v) is 3.63. The molecule has 0 bridgehead atoms. The number of amides is 3. The lowest BCUT2D eigenvalue weighted by atomic mass is 10.0. The van der Waals surface area contributed by atoms with Crippen LogP contribution in [-0.2, 0) is 23.9 Å². The summed E-state index contributed by atoms with van der Waals surface area (Å²) < 4.78 is 5.81. The zero-order valence-electron chi connectivity index (χ0n) is 14.8. The summed E-state index contributed by atoms with van der Waals surface area (Å²) in [6.07, 6.45) is 4.31. The van der Waals surface area contributed by atoms with Gasteiger partial charge in [0, 0.05) is 31.5 Å². The van der Waals surface area contributed by atoms with Gasteiger partial charge in [-0.2, -0.15) is 0 Å². The van der Waals surface area contributed by atoms with Gasteiger partial charge in [-0.3, -0.25) is 19.3 Å². The lowest BCUT2D eigenvalue weighted by molar-refractivity contribution is -0.137. The van der Waals surface area contributed by atoms with Gasteiger partial charge in [-0.1, -0.05) is 0 Å². The summed E-state index contributed by atoms with van der Waals surface area (Å²) in [6, 6.07) is 0. The van der Waals surface area contributed by atoms with E-state index in [-0.39, 0.29) is 25.5 Å². The van der Waals surface area contributed by atoms with Crippen molar-refractivity contribution in [3.8, 4) is 0 Å². The summed E-state index contributed by atoms with van der Waals surface area (Å²) in [7, 11) is 0. The SMILES string of the molecule is CC(C)(COC(C)(C)CCC=O)NC(=O)CCN1C(=O)C=CC1=O. The van der Waals surface area contributed by atoms with E-state index in [9.17, 15) is 19.2 Å². The summed E-state index contributed by atoms with van der Waals surface area (Å²) in [6.45, 7) is 7.78. The van der Waals surface area contributed by atoms with Gasteiger partial charge < -0.3 is 14.8 Å². The Kier molecular flexibility index (Phi) is 6.83. The van der Waals surface area contributed by atoms with Gasteiger partial charge in [0.25, 0.3) is 11.8 Å². The van der Waals surface area contributed by atoms with Crippen molar-refractivity contribution in [2.45, 2.75) is 58.1 Å². The number of rotatable bonds is 10. The van der Waals surface area contributed by atoms with Gasteiger partial charge in [0.05, 0.1) is 17.7 Å². The van der Waals surface area contributed by atoms with Crippen LogP contribution < -0.4 is 5.32 Å². The number of nitrogens with zero attached hydrogens (tertiary/aromatic N) is 1. The highest BCUT2D eigenvalue weighted by molar-refractivity contribution is 6.13. The molecular weight excluding hydrogens is 312 g/mol. The number of carbonyl (C=O) groups excluding carboxylic acids is 4. The van der Waals surface area contributed by atoms with Crippen molar-refractivity contribution >= 4 is 24.0 Å². The fraction of sp³-hybridized carbons (Fsp3) is 0.647. The molecule has 1 rings (SSSR count). The minimum absolute atomic E-state index is 0.0388. The normalized spacial score (nSPS) is 15.1. The Morgan fingerprint density at radius 1 is 1.21 bits per heavy atom. The van der Waals surface area contributed by atoms with E-state index in [1.54, 1.807) is 0 Å². The smallest absolute Gasteiger partial charge is 0.253 e. The Bertz CT molecular complexity index is 519. The summed E-state index contributed by atoms with van der Waals surface area (Å²) in [4.78, 5) is 46.4. The predicted octanol–water partition coefficient (Wildman–Crippen LogP) is 0.971. The number of nitrogens with one attached hydrogen (secondary N) is 1. The zero-order chi connectivity index (χ0) is 18.4. The van der Waals surface area contributed by atoms with E-state index in [1.165, 1.54) is 12.2 Å². The minimum Gasteiger partial charge on any atom is -0.373 e. The zero-order valence-corrected chi connectivity index (χ0v) is 14.8. The van der Waals surface area contributed by atoms with Gasteiger partial charge in [-0.05, 0) is 34.1 Å². The van der Waals surface area contributed by atoms with Crippen LogP contribution in [0.25, 0.3) is 0 Å². The van der Waals surface area contributed by atoms with E-state index in [1.807, 2.05) is 27.7 Å². The molecule has 0 unspecified atom stereocenters. The number of ether oxygens (including phenoxy) is 1. The molecule has 0 fully saturated rings. The summed E-state index contributed by atoms with van der Waals surface area (Å²) in [5.74, 6) is -1.05. The van der Waals surface area contributed by atoms with Crippen molar-refractivity contribution in [1.29, 1.82) is 0 Å². The predicted molar refractivity (Wildman–Crippen MR) is 88.0 cm³/mol. The van der Waals surface area contributed by atoms with E-state index in [0.717, 1.165) is 11.2 Å². The van der Waals surface area contributed by atoms with Crippen LogP contribution in [0.2, 0.25) is 0 Å². The van der Waals surface area contributed by atoms with Crippen molar-refractivity contribution in [3.05, 3.63) is 12.2 Å². The molecule has 1 N–H and O–H groups in total. The van der Waals surface area contributed by atoms with Gasteiger partial charge in [0.1, 0.15) is 6.29 Å². The standard InChI is InChI=1S/C17H26N2O5/c1-16(2,12-24-17(3,4)9-5-11-20)18-13(21)8-10-19-14(22)6-7-15(19)23/h6-7,11H,5,8-10,12H2,1-4H3,(H,18,21). The van der Waals surface area contributed by atoms with Crippen LogP contribution in [0.1, 0.15) is 47.0 Å². The van der Waals surface area contributed by atoms with Crippen LogP contribution in [0.15, 0.2) is 12.2 Å². The average Bonchev–Trinajstić information content (AvgIpc) is 2.80. The first-order valence-corrected chi connectivity index (χ1v) is 7.98. The first kappa shape index (κ1) is 20.0. The topological polar surface area (TPSA) is 92.8 Å². The molecule has 0 atom stereocenters. The molecule has 134 valence electrons. The third-order valence-electron chi connectivity index (χ3n) is 3.63. The molecule has 7 heteroatoms. The van der Waals surface area contributed by atoms with Gasteiger partial charge in [-0.25, -0.2) is 0 Å². The number of carbonyl (C=O) groups is 4. The Morgan fingerprint density at radius 2 is 1.79 bits per heavy atom. The van der Waals surface area contributed by atoms with E-state index < -0.39 is 23.0 Å². The lowest BCUT2D eigenvalue weighted by Gasteiger charge is -2.32. The van der Waals surface area contributed by atoms with Gasteiger partial charge in [-0.15, -0.1) is 0 Å². The number of hydrogen-bond donors (Lipinski definition) is 1. The van der Waals surface area contributed by atoms with Crippen molar-refractivity contribution in [2.75, 3.05) is 13.2 Å². The molecule has 24 heavy (non-hydrogen) atoms. The summed E-state index contributed by atoms with van der Waals surface area (Å²) in [5, 5.41) is 2.84. The quantitative estimate of drug-likeness (QED) is 0.473. The van der Waals surface area contributed by atoms with Crippen LogP contribution >= 0.6 is 0 Å². The summed E-state index contributed by atoms with van der Waals surface area (Å²) >= 11 is 0. The van der Waals surface area contributed by atoms with Crippen molar-refractivity contribution in [2.24, 2.45) is 0 Å². The minimum atomic E-state index is -0.604. The molecule has 0 saturated heterocycles. The van der Waals surface area contributed by atoms with Crippen LogP contribution in [0.4, 0.5) is 0 Å². The second kappa shape index (κ2) is 8.19. The first-order chi connectivity index (χ1) is 11.1. The summed E-state index contributed by atoms with van der Waals surface area (Å²) in [5.41, 5.74) is -1.06. The largest absolute Gasteiger partial charge is 0.373 e. The van der Waals surface area contributed by atoms with E-state index >= 15 is 0 Å². The maximum absolute atomic E-state index is 12.0. The molecule has 1 heterocycles. The average molecular weight is 338 g/mol. The van der Waals surface area contributed by atoms with Gasteiger partial charge in [0.15, 0.2) is 0 Å². The second-order valence-electron chi connectivity index (χ2n) is 7.10. The van der Waals surface area contributed by atoms with Crippen LogP contribution in [0.3, 0.4) is 0 Å². The van der Waals surface area contributed by atoms with Crippen molar-refractivity contribution in [3.63, 3.8) is 0 Å².